The molecule has 0 radical (unpaired) electrons. The van der Waals surface area contributed by atoms with E-state index >= 15 is 0 Å². The van der Waals surface area contributed by atoms with Gasteiger partial charge in [-0.25, -0.2) is 0 Å². The maximum absolute atomic E-state index is 12.7. The molecule has 3 rings (SSSR count). The van der Waals surface area contributed by atoms with E-state index in [-0.39, 0.29) is 0 Å². The first-order valence-corrected chi connectivity index (χ1v) is 8.99. The molecular formula is C21H22N2O4. The van der Waals surface area contributed by atoms with E-state index in [1.54, 1.807) is 30.3 Å². The topological polar surface area (TPSA) is 84.5 Å². The maximum atomic E-state index is 12.7. The van der Waals surface area contributed by atoms with Crippen LogP contribution in [0.15, 0.2) is 60.7 Å². The molecule has 2 N–H and O–H groups in total. The quantitative estimate of drug-likeness (QED) is 0.629. The highest BCUT2D eigenvalue weighted by Gasteiger charge is 2.44. The number of hydrogen-bond donors (Lipinski definition) is 2. The third-order valence-corrected chi connectivity index (χ3v) is 4.86. The van der Waals surface area contributed by atoms with Crippen LogP contribution >= 0.6 is 0 Å². The fourth-order valence-electron chi connectivity index (χ4n) is 3.44. The molecule has 0 unspecified atom stereocenters. The Morgan fingerprint density at radius 2 is 1.44 bits per heavy atom. The van der Waals surface area contributed by atoms with Gasteiger partial charge in [0.2, 0.25) is 0 Å². The zero-order valence-corrected chi connectivity index (χ0v) is 14.9. The number of carbonyl (C=O) groups is 3. The van der Waals surface area contributed by atoms with Crippen LogP contribution in [-0.4, -0.2) is 24.4 Å². The molecule has 0 bridgehead atoms. The highest BCUT2D eigenvalue weighted by Crippen LogP contribution is 2.42. The van der Waals surface area contributed by atoms with Gasteiger partial charge in [0.1, 0.15) is 0 Å². The van der Waals surface area contributed by atoms with Crippen LogP contribution in [0, 0.1) is 0 Å². The molecule has 1 aliphatic carbocycles. The third-order valence-electron chi connectivity index (χ3n) is 4.86. The summed E-state index contributed by atoms with van der Waals surface area (Å²) in [6.07, 6.45) is 3.32. The first-order valence-electron chi connectivity index (χ1n) is 8.99. The van der Waals surface area contributed by atoms with Gasteiger partial charge in [0.25, 0.3) is 11.8 Å². The highest BCUT2D eigenvalue weighted by atomic mass is 16.5. The fraction of sp³-hybridized carbons (Fsp3) is 0.286. The molecule has 6 heteroatoms. The van der Waals surface area contributed by atoms with E-state index in [9.17, 15) is 14.4 Å². The van der Waals surface area contributed by atoms with E-state index in [0.717, 1.165) is 18.4 Å². The van der Waals surface area contributed by atoms with E-state index in [0.29, 0.717) is 18.4 Å². The van der Waals surface area contributed by atoms with Gasteiger partial charge in [0, 0.05) is 5.56 Å². The summed E-state index contributed by atoms with van der Waals surface area (Å²) in [5.74, 6) is -1.42. The molecule has 0 spiro atoms. The molecule has 140 valence electrons. The molecule has 2 aromatic carbocycles. The van der Waals surface area contributed by atoms with Gasteiger partial charge >= 0.3 is 5.97 Å². The number of ether oxygens (including phenoxy) is 1. The monoisotopic (exact) mass is 366 g/mol. The molecule has 0 heterocycles. The standard InChI is InChI=1S/C21H22N2O4/c24-18(22-23-19(25)16-9-3-1-4-10-16)15-27-20(26)21(13-7-8-14-21)17-11-5-2-6-12-17/h1-6,9-12H,7-8,13-15H2,(H,22,24)(H,23,25). The Kier molecular flexibility index (Phi) is 5.86. The van der Waals surface area contributed by atoms with Gasteiger partial charge in [0.05, 0.1) is 5.41 Å². The number of amides is 2. The van der Waals surface area contributed by atoms with Crippen molar-refractivity contribution in [3.63, 3.8) is 0 Å². The van der Waals surface area contributed by atoms with Crippen molar-refractivity contribution in [3.8, 4) is 0 Å². The lowest BCUT2D eigenvalue weighted by atomic mass is 9.79. The average molecular weight is 366 g/mol. The van der Waals surface area contributed by atoms with Crippen molar-refractivity contribution in [2.24, 2.45) is 0 Å². The summed E-state index contributed by atoms with van der Waals surface area (Å²) in [6.45, 7) is -0.442. The molecule has 27 heavy (non-hydrogen) atoms. The molecule has 0 saturated heterocycles. The number of hydrazine groups is 1. The number of carbonyl (C=O) groups excluding carboxylic acids is 3. The summed E-state index contributed by atoms with van der Waals surface area (Å²) >= 11 is 0. The first kappa shape index (κ1) is 18.6. The molecule has 6 nitrogen and oxygen atoms in total. The Labute approximate surface area is 157 Å². The molecule has 0 aliphatic heterocycles. The van der Waals surface area contributed by atoms with Crippen molar-refractivity contribution in [1.29, 1.82) is 0 Å². The maximum Gasteiger partial charge on any atom is 0.317 e. The highest BCUT2D eigenvalue weighted by molar-refractivity contribution is 5.95. The van der Waals surface area contributed by atoms with E-state index in [1.807, 2.05) is 30.3 Å². The molecule has 2 amide bonds. The Morgan fingerprint density at radius 1 is 0.852 bits per heavy atom. The minimum Gasteiger partial charge on any atom is -0.455 e. The summed E-state index contributed by atoms with van der Waals surface area (Å²) in [4.78, 5) is 36.6. The normalized spacial score (nSPS) is 15.0. The Hall–Kier alpha value is -3.15. The zero-order valence-electron chi connectivity index (χ0n) is 14.9. The molecule has 1 aliphatic rings. The predicted molar refractivity (Wildman–Crippen MR) is 99.6 cm³/mol. The molecule has 0 atom stereocenters. The van der Waals surface area contributed by atoms with Gasteiger partial charge in [-0.05, 0) is 30.5 Å². The van der Waals surface area contributed by atoms with E-state index in [4.69, 9.17) is 4.74 Å². The Morgan fingerprint density at radius 3 is 2.07 bits per heavy atom. The Balaban J connectivity index is 1.53. The van der Waals surface area contributed by atoms with Crippen LogP contribution in [0.1, 0.15) is 41.6 Å². The number of esters is 1. The van der Waals surface area contributed by atoms with Crippen LogP contribution in [0.2, 0.25) is 0 Å². The molecule has 2 aromatic rings. The summed E-state index contributed by atoms with van der Waals surface area (Å²) in [5, 5.41) is 0. The lowest BCUT2D eigenvalue weighted by molar-refractivity contribution is -0.154. The minimum atomic E-state index is -0.686. The van der Waals surface area contributed by atoms with Gasteiger partial charge < -0.3 is 4.74 Å². The number of nitrogens with one attached hydrogen (secondary N) is 2. The number of benzene rings is 2. The summed E-state index contributed by atoms with van der Waals surface area (Å²) in [6, 6.07) is 18.0. The lowest BCUT2D eigenvalue weighted by Crippen LogP contribution is -2.44. The predicted octanol–water partition coefficient (Wildman–Crippen LogP) is 2.50. The van der Waals surface area contributed by atoms with E-state index < -0.39 is 29.8 Å². The second-order valence-electron chi connectivity index (χ2n) is 6.60. The molecular weight excluding hydrogens is 344 g/mol. The van der Waals surface area contributed by atoms with Crippen molar-refractivity contribution in [2.75, 3.05) is 6.61 Å². The smallest absolute Gasteiger partial charge is 0.317 e. The first-order chi connectivity index (χ1) is 13.1. The third kappa shape index (κ3) is 4.34. The van der Waals surface area contributed by atoms with Crippen molar-refractivity contribution in [2.45, 2.75) is 31.1 Å². The second kappa shape index (κ2) is 8.49. The number of rotatable bonds is 5. The van der Waals surface area contributed by atoms with Crippen molar-refractivity contribution in [3.05, 3.63) is 71.8 Å². The van der Waals surface area contributed by atoms with Gasteiger partial charge in [-0.2, -0.15) is 0 Å². The minimum absolute atomic E-state index is 0.393. The Bertz CT molecular complexity index is 799. The van der Waals surface area contributed by atoms with Crippen LogP contribution in [-0.2, 0) is 19.7 Å². The van der Waals surface area contributed by atoms with Crippen LogP contribution in [0.3, 0.4) is 0 Å². The number of hydrogen-bond acceptors (Lipinski definition) is 4. The van der Waals surface area contributed by atoms with Gasteiger partial charge in [-0.1, -0.05) is 61.4 Å². The lowest BCUT2D eigenvalue weighted by Gasteiger charge is -2.27. The van der Waals surface area contributed by atoms with Crippen molar-refractivity contribution < 1.29 is 19.1 Å². The van der Waals surface area contributed by atoms with E-state index in [2.05, 4.69) is 10.9 Å². The summed E-state index contributed by atoms with van der Waals surface area (Å²) < 4.78 is 5.28. The van der Waals surface area contributed by atoms with Crippen LogP contribution in [0.5, 0.6) is 0 Å². The SMILES string of the molecule is O=C(COC(=O)C1(c2ccccc2)CCCC1)NNC(=O)c1ccccc1. The molecule has 1 saturated carbocycles. The van der Waals surface area contributed by atoms with Crippen molar-refractivity contribution in [1.82, 2.24) is 10.9 Å². The van der Waals surface area contributed by atoms with Crippen molar-refractivity contribution >= 4 is 17.8 Å². The van der Waals surface area contributed by atoms with Crippen LogP contribution in [0.4, 0.5) is 0 Å². The van der Waals surface area contributed by atoms with Gasteiger partial charge in [-0.15, -0.1) is 0 Å². The molecule has 1 fully saturated rings. The second-order valence-corrected chi connectivity index (χ2v) is 6.60. The zero-order chi connectivity index (χ0) is 19.1. The van der Waals surface area contributed by atoms with E-state index in [1.165, 1.54) is 0 Å². The van der Waals surface area contributed by atoms with Crippen LogP contribution in [0.25, 0.3) is 0 Å². The summed E-state index contributed by atoms with van der Waals surface area (Å²) in [5.41, 5.74) is 5.22. The van der Waals surface area contributed by atoms with Crippen LogP contribution < -0.4 is 10.9 Å². The summed E-state index contributed by atoms with van der Waals surface area (Å²) in [7, 11) is 0. The molecule has 0 aromatic heterocycles. The largest absolute Gasteiger partial charge is 0.455 e. The average Bonchev–Trinajstić information content (AvgIpc) is 3.23. The fourth-order valence-corrected chi connectivity index (χ4v) is 3.44. The van der Waals surface area contributed by atoms with Gasteiger partial charge in [-0.3, -0.25) is 25.2 Å². The van der Waals surface area contributed by atoms with Gasteiger partial charge in [0.15, 0.2) is 6.61 Å².